The van der Waals surface area contributed by atoms with Crippen LogP contribution in [0.2, 0.25) is 0 Å². The number of nitrogens with zero attached hydrogens (tertiary/aromatic N) is 3. The van der Waals surface area contributed by atoms with Crippen molar-refractivity contribution in [3.05, 3.63) is 33.5 Å². The lowest BCUT2D eigenvalue weighted by Crippen LogP contribution is -2.19. The molecule has 5 heteroatoms. The Kier molecular flexibility index (Phi) is 4.71. The molecule has 4 nitrogen and oxygen atoms in total. The first-order valence-electron chi connectivity index (χ1n) is 6.83. The first-order valence-corrected chi connectivity index (χ1v) is 7.64. The molecule has 0 aliphatic heterocycles. The zero-order valence-corrected chi connectivity index (χ0v) is 12.9. The number of likely N-dealkylation sites (N-methyl/N-ethyl adjacent to an activating group) is 1. The van der Waals surface area contributed by atoms with Crippen LogP contribution in [-0.4, -0.2) is 21.8 Å². The highest BCUT2D eigenvalue weighted by molar-refractivity contribution is 7.11. The number of thiazole rings is 1. The van der Waals surface area contributed by atoms with E-state index in [-0.39, 0.29) is 0 Å². The number of hydrogen-bond donors (Lipinski definition) is 1. The van der Waals surface area contributed by atoms with Crippen molar-refractivity contribution in [1.29, 1.82) is 0 Å². The van der Waals surface area contributed by atoms with E-state index in [2.05, 4.69) is 40.0 Å². The van der Waals surface area contributed by atoms with Crippen LogP contribution in [0.3, 0.4) is 0 Å². The third-order valence-corrected chi connectivity index (χ3v) is 4.35. The van der Waals surface area contributed by atoms with E-state index in [1.165, 1.54) is 16.3 Å². The molecule has 0 saturated carbocycles. The van der Waals surface area contributed by atoms with E-state index >= 15 is 0 Å². The van der Waals surface area contributed by atoms with Crippen molar-refractivity contribution < 1.29 is 0 Å². The maximum absolute atomic E-state index is 4.61. The van der Waals surface area contributed by atoms with Crippen molar-refractivity contribution in [2.45, 2.75) is 46.2 Å². The zero-order chi connectivity index (χ0) is 13.8. The van der Waals surface area contributed by atoms with E-state index < -0.39 is 0 Å². The normalized spacial score (nSPS) is 12.8. The molecule has 0 bridgehead atoms. The Morgan fingerprint density at radius 1 is 1.42 bits per heavy atom. The summed E-state index contributed by atoms with van der Waals surface area (Å²) in [5.74, 6) is 0. The van der Waals surface area contributed by atoms with Crippen LogP contribution in [0, 0.1) is 6.92 Å². The minimum absolute atomic E-state index is 0.318. The van der Waals surface area contributed by atoms with Gasteiger partial charge >= 0.3 is 0 Å². The molecule has 2 heterocycles. The molecule has 0 amide bonds. The summed E-state index contributed by atoms with van der Waals surface area (Å²) < 4.78 is 2.11. The van der Waals surface area contributed by atoms with Crippen molar-refractivity contribution in [3.63, 3.8) is 0 Å². The van der Waals surface area contributed by atoms with Crippen LogP contribution >= 0.6 is 11.3 Å². The second-order valence-electron chi connectivity index (χ2n) is 4.62. The maximum atomic E-state index is 4.61. The van der Waals surface area contributed by atoms with Gasteiger partial charge in [0.25, 0.3) is 0 Å². The number of hydrogen-bond acceptors (Lipinski definition) is 4. The smallest absolute Gasteiger partial charge is 0.0897 e. The second kappa shape index (κ2) is 6.30. The predicted octanol–water partition coefficient (Wildman–Crippen LogP) is 2.73. The molecule has 0 saturated heterocycles. The molecular formula is C14H22N4S. The van der Waals surface area contributed by atoms with E-state index in [1.54, 1.807) is 11.3 Å². The van der Waals surface area contributed by atoms with Crippen LogP contribution < -0.4 is 5.32 Å². The molecule has 0 aliphatic carbocycles. The standard InChI is InChI=1S/C14H22N4S/c1-5-11-7-12(18(6-2)17-11)8-13(15-4)14-9-16-10(3)19-14/h7,9,13,15H,5-6,8H2,1-4H3. The summed E-state index contributed by atoms with van der Waals surface area (Å²) in [6.07, 6.45) is 3.93. The highest BCUT2D eigenvalue weighted by Crippen LogP contribution is 2.24. The van der Waals surface area contributed by atoms with E-state index in [4.69, 9.17) is 0 Å². The molecule has 2 aromatic heterocycles. The van der Waals surface area contributed by atoms with Crippen molar-refractivity contribution in [2.24, 2.45) is 0 Å². The number of rotatable bonds is 6. The van der Waals surface area contributed by atoms with Crippen molar-refractivity contribution in [1.82, 2.24) is 20.1 Å². The Labute approximate surface area is 118 Å². The summed E-state index contributed by atoms with van der Waals surface area (Å²) in [4.78, 5) is 5.64. The summed E-state index contributed by atoms with van der Waals surface area (Å²) in [6, 6.07) is 2.54. The topological polar surface area (TPSA) is 42.7 Å². The maximum Gasteiger partial charge on any atom is 0.0897 e. The Hall–Kier alpha value is -1.20. The SMILES string of the molecule is CCc1cc(CC(NC)c2cnc(C)s2)n(CC)n1. The van der Waals surface area contributed by atoms with Crippen LogP contribution in [0.1, 0.15) is 41.2 Å². The van der Waals surface area contributed by atoms with Crippen molar-refractivity contribution >= 4 is 11.3 Å². The van der Waals surface area contributed by atoms with Gasteiger partial charge in [0.2, 0.25) is 0 Å². The van der Waals surface area contributed by atoms with Gasteiger partial charge in [0, 0.05) is 35.8 Å². The van der Waals surface area contributed by atoms with E-state index in [0.717, 1.165) is 24.4 Å². The van der Waals surface area contributed by atoms with Gasteiger partial charge in [-0.2, -0.15) is 5.10 Å². The molecule has 104 valence electrons. The lowest BCUT2D eigenvalue weighted by molar-refractivity contribution is 0.545. The third-order valence-electron chi connectivity index (χ3n) is 3.32. The van der Waals surface area contributed by atoms with Gasteiger partial charge < -0.3 is 5.32 Å². The quantitative estimate of drug-likeness (QED) is 0.883. The van der Waals surface area contributed by atoms with Crippen LogP contribution in [0.4, 0.5) is 0 Å². The van der Waals surface area contributed by atoms with Crippen LogP contribution in [0.25, 0.3) is 0 Å². The molecule has 2 aromatic rings. The Balaban J connectivity index is 2.20. The minimum atomic E-state index is 0.318. The highest BCUT2D eigenvalue weighted by Gasteiger charge is 2.16. The number of nitrogens with one attached hydrogen (secondary N) is 1. The molecule has 0 fully saturated rings. The highest BCUT2D eigenvalue weighted by atomic mass is 32.1. The molecule has 1 unspecified atom stereocenters. The van der Waals surface area contributed by atoms with Gasteiger partial charge in [-0.15, -0.1) is 11.3 Å². The summed E-state index contributed by atoms with van der Waals surface area (Å²) in [5, 5.41) is 9.12. The number of aryl methyl sites for hydroxylation is 3. The molecule has 1 N–H and O–H groups in total. The average molecular weight is 278 g/mol. The lowest BCUT2D eigenvalue weighted by atomic mass is 10.1. The van der Waals surface area contributed by atoms with Gasteiger partial charge in [-0.1, -0.05) is 6.92 Å². The van der Waals surface area contributed by atoms with Gasteiger partial charge in [-0.25, -0.2) is 4.98 Å². The van der Waals surface area contributed by atoms with Crippen molar-refractivity contribution in [2.75, 3.05) is 7.05 Å². The van der Waals surface area contributed by atoms with Gasteiger partial charge in [0.05, 0.1) is 10.7 Å². The largest absolute Gasteiger partial charge is 0.312 e. The third kappa shape index (κ3) is 3.22. The van der Waals surface area contributed by atoms with E-state index in [9.17, 15) is 0 Å². The Morgan fingerprint density at radius 3 is 2.74 bits per heavy atom. The summed E-state index contributed by atoms with van der Waals surface area (Å²) in [5.41, 5.74) is 2.47. The van der Waals surface area contributed by atoms with E-state index in [1.807, 2.05) is 20.2 Å². The minimum Gasteiger partial charge on any atom is -0.312 e. The van der Waals surface area contributed by atoms with Gasteiger partial charge in [-0.05, 0) is 33.4 Å². The molecular weight excluding hydrogens is 256 g/mol. The van der Waals surface area contributed by atoms with Gasteiger partial charge in [-0.3, -0.25) is 4.68 Å². The second-order valence-corrected chi connectivity index (χ2v) is 5.89. The monoisotopic (exact) mass is 278 g/mol. The molecule has 0 spiro atoms. The van der Waals surface area contributed by atoms with Gasteiger partial charge in [0.1, 0.15) is 0 Å². The first kappa shape index (κ1) is 14.2. The predicted molar refractivity (Wildman–Crippen MR) is 79.6 cm³/mol. The Bertz CT molecular complexity index is 529. The van der Waals surface area contributed by atoms with Crippen molar-refractivity contribution in [3.8, 4) is 0 Å². The molecule has 1 atom stereocenters. The summed E-state index contributed by atoms with van der Waals surface area (Å²) >= 11 is 1.76. The zero-order valence-electron chi connectivity index (χ0n) is 12.1. The fourth-order valence-corrected chi connectivity index (χ4v) is 3.11. The number of aromatic nitrogens is 3. The van der Waals surface area contributed by atoms with Gasteiger partial charge in [0.15, 0.2) is 0 Å². The molecule has 2 rings (SSSR count). The first-order chi connectivity index (χ1) is 9.17. The molecule has 0 aliphatic rings. The molecule has 0 radical (unpaired) electrons. The summed E-state index contributed by atoms with van der Waals surface area (Å²) in [7, 11) is 2.01. The lowest BCUT2D eigenvalue weighted by Gasteiger charge is -2.14. The van der Waals surface area contributed by atoms with Crippen LogP contribution in [0.15, 0.2) is 12.3 Å². The average Bonchev–Trinajstić information content (AvgIpc) is 3.01. The molecule has 19 heavy (non-hydrogen) atoms. The fraction of sp³-hybridized carbons (Fsp3) is 0.571. The van der Waals surface area contributed by atoms with Crippen LogP contribution in [-0.2, 0) is 19.4 Å². The summed E-state index contributed by atoms with van der Waals surface area (Å²) in [6.45, 7) is 7.26. The van der Waals surface area contributed by atoms with E-state index in [0.29, 0.717) is 6.04 Å². The fourth-order valence-electron chi connectivity index (χ4n) is 2.22. The van der Waals surface area contributed by atoms with Crippen LogP contribution in [0.5, 0.6) is 0 Å². The molecule has 0 aromatic carbocycles. The Morgan fingerprint density at radius 2 is 2.21 bits per heavy atom.